The number of nitrogens with one attached hydrogen (secondary N) is 2. The summed E-state index contributed by atoms with van der Waals surface area (Å²) in [6, 6.07) is 12.6. The molecule has 0 aliphatic carbocycles. The van der Waals surface area contributed by atoms with E-state index < -0.39 is 4.92 Å². The number of nitrogens with zero attached hydrogens (tertiary/aromatic N) is 3. The number of non-ortho nitro benzene ring substituents is 1. The highest BCUT2D eigenvalue weighted by molar-refractivity contribution is 5.78. The molecule has 1 saturated heterocycles. The second kappa shape index (κ2) is 9.83. The van der Waals surface area contributed by atoms with Crippen LogP contribution in [0.15, 0.2) is 48.5 Å². The fraction of sp³-hybridized carbons (Fsp3) is 0.350. The third-order valence-corrected chi connectivity index (χ3v) is 4.79. The number of nitro groups is 1. The molecule has 0 saturated carbocycles. The van der Waals surface area contributed by atoms with Gasteiger partial charge in [-0.2, -0.15) is 0 Å². The summed E-state index contributed by atoms with van der Waals surface area (Å²) in [5.41, 5.74) is 1.80. The summed E-state index contributed by atoms with van der Waals surface area (Å²) < 4.78 is 13.0. The molecule has 0 bridgehead atoms. The third kappa shape index (κ3) is 6.15. The molecule has 1 aliphatic rings. The molecule has 0 unspecified atom stereocenters. The van der Waals surface area contributed by atoms with E-state index in [1.807, 2.05) is 0 Å². The number of carbonyl (C=O) groups excluding carboxylic acids is 1. The molecule has 0 aromatic heterocycles. The first-order valence-corrected chi connectivity index (χ1v) is 9.49. The molecular weight excluding hydrogens is 377 g/mol. The van der Waals surface area contributed by atoms with E-state index in [0.29, 0.717) is 19.6 Å². The molecule has 3 rings (SSSR count). The van der Waals surface area contributed by atoms with Crippen LogP contribution in [-0.2, 0) is 4.79 Å². The number of hydrogen-bond donors (Lipinski definition) is 2. The molecule has 1 fully saturated rings. The van der Waals surface area contributed by atoms with E-state index in [0.717, 1.165) is 37.6 Å². The molecular formula is C20H24FN5O3. The van der Waals surface area contributed by atoms with Gasteiger partial charge < -0.3 is 15.5 Å². The van der Waals surface area contributed by atoms with Gasteiger partial charge in [0.15, 0.2) is 0 Å². The number of nitro benzene ring substituents is 1. The molecule has 0 atom stereocenters. The Morgan fingerprint density at radius 3 is 2.28 bits per heavy atom. The number of anilines is 2. The van der Waals surface area contributed by atoms with Crippen molar-refractivity contribution in [1.29, 1.82) is 0 Å². The Labute approximate surface area is 168 Å². The second-order valence-corrected chi connectivity index (χ2v) is 6.82. The molecule has 9 heteroatoms. The quantitative estimate of drug-likeness (QED) is 0.400. The lowest BCUT2D eigenvalue weighted by Crippen LogP contribution is -2.49. The lowest BCUT2D eigenvalue weighted by Gasteiger charge is -2.35. The average molecular weight is 401 g/mol. The van der Waals surface area contributed by atoms with Crippen molar-refractivity contribution in [2.45, 2.75) is 0 Å². The monoisotopic (exact) mass is 401 g/mol. The maximum atomic E-state index is 13.0. The minimum Gasteiger partial charge on any atom is -0.383 e. The van der Waals surface area contributed by atoms with Crippen molar-refractivity contribution in [3.63, 3.8) is 0 Å². The predicted molar refractivity (Wildman–Crippen MR) is 110 cm³/mol. The van der Waals surface area contributed by atoms with E-state index >= 15 is 0 Å². The number of carbonyl (C=O) groups is 1. The lowest BCUT2D eigenvalue weighted by molar-refractivity contribution is -0.384. The Morgan fingerprint density at radius 1 is 1.00 bits per heavy atom. The van der Waals surface area contributed by atoms with Crippen LogP contribution in [0.3, 0.4) is 0 Å². The van der Waals surface area contributed by atoms with Crippen LogP contribution in [0.4, 0.5) is 21.5 Å². The van der Waals surface area contributed by atoms with Crippen molar-refractivity contribution in [3.8, 4) is 0 Å². The van der Waals surface area contributed by atoms with Crippen molar-refractivity contribution in [2.24, 2.45) is 0 Å². The van der Waals surface area contributed by atoms with E-state index in [1.54, 1.807) is 24.3 Å². The van der Waals surface area contributed by atoms with Crippen molar-refractivity contribution in [2.75, 3.05) is 56.0 Å². The highest BCUT2D eigenvalue weighted by Crippen LogP contribution is 2.17. The maximum Gasteiger partial charge on any atom is 0.269 e. The average Bonchev–Trinajstić information content (AvgIpc) is 2.73. The summed E-state index contributed by atoms with van der Waals surface area (Å²) in [5.74, 6) is -0.280. The zero-order valence-electron chi connectivity index (χ0n) is 16.0. The molecule has 154 valence electrons. The lowest BCUT2D eigenvalue weighted by atomic mass is 10.2. The first kappa shape index (κ1) is 20.5. The van der Waals surface area contributed by atoms with Gasteiger partial charge in [0, 0.05) is 62.8 Å². The molecule has 0 radical (unpaired) electrons. The SMILES string of the molecule is O=C(CN1CCN(c2ccc(F)cc2)CC1)NCCNc1ccc([N+](=O)[O-])cc1. The van der Waals surface area contributed by atoms with Crippen molar-refractivity contribution < 1.29 is 14.1 Å². The molecule has 2 aromatic carbocycles. The number of hydrogen-bond acceptors (Lipinski definition) is 6. The second-order valence-electron chi connectivity index (χ2n) is 6.82. The van der Waals surface area contributed by atoms with Gasteiger partial charge in [-0.05, 0) is 36.4 Å². The third-order valence-electron chi connectivity index (χ3n) is 4.79. The fourth-order valence-corrected chi connectivity index (χ4v) is 3.18. The summed E-state index contributed by atoms with van der Waals surface area (Å²) >= 11 is 0. The summed E-state index contributed by atoms with van der Waals surface area (Å²) in [6.45, 7) is 4.46. The van der Waals surface area contributed by atoms with Crippen molar-refractivity contribution >= 4 is 23.0 Å². The van der Waals surface area contributed by atoms with Crippen LogP contribution >= 0.6 is 0 Å². The number of halogens is 1. The van der Waals surface area contributed by atoms with Gasteiger partial charge >= 0.3 is 0 Å². The first-order valence-electron chi connectivity index (χ1n) is 9.49. The molecule has 2 N–H and O–H groups in total. The van der Waals surface area contributed by atoms with Gasteiger partial charge in [0.1, 0.15) is 5.82 Å². The molecule has 1 amide bonds. The van der Waals surface area contributed by atoms with Gasteiger partial charge in [0.2, 0.25) is 5.91 Å². The van der Waals surface area contributed by atoms with Crippen LogP contribution < -0.4 is 15.5 Å². The summed E-state index contributed by atoms with van der Waals surface area (Å²) in [5, 5.41) is 16.6. The Morgan fingerprint density at radius 2 is 1.66 bits per heavy atom. The molecule has 2 aromatic rings. The number of amides is 1. The van der Waals surface area contributed by atoms with Gasteiger partial charge in [0.05, 0.1) is 11.5 Å². The topological polar surface area (TPSA) is 90.8 Å². The summed E-state index contributed by atoms with van der Waals surface area (Å²) in [7, 11) is 0. The van der Waals surface area contributed by atoms with Crippen LogP contribution in [-0.4, -0.2) is 61.5 Å². The van der Waals surface area contributed by atoms with E-state index in [1.165, 1.54) is 24.3 Å². The number of benzene rings is 2. The van der Waals surface area contributed by atoms with Gasteiger partial charge in [-0.3, -0.25) is 19.8 Å². The highest BCUT2D eigenvalue weighted by atomic mass is 19.1. The Bertz CT molecular complexity index is 821. The Balaban J connectivity index is 1.32. The molecule has 8 nitrogen and oxygen atoms in total. The largest absolute Gasteiger partial charge is 0.383 e. The van der Waals surface area contributed by atoms with Crippen LogP contribution in [0.1, 0.15) is 0 Å². The van der Waals surface area contributed by atoms with Crippen LogP contribution in [0.2, 0.25) is 0 Å². The predicted octanol–water partition coefficient (Wildman–Crippen LogP) is 2.08. The van der Waals surface area contributed by atoms with E-state index in [9.17, 15) is 19.3 Å². The van der Waals surface area contributed by atoms with Crippen LogP contribution in [0.25, 0.3) is 0 Å². The summed E-state index contributed by atoms with van der Waals surface area (Å²) in [6.07, 6.45) is 0. The van der Waals surface area contributed by atoms with Gasteiger partial charge in [0.25, 0.3) is 5.69 Å². The molecule has 1 aliphatic heterocycles. The normalized spacial score (nSPS) is 14.4. The van der Waals surface area contributed by atoms with Gasteiger partial charge in [-0.15, -0.1) is 0 Å². The highest BCUT2D eigenvalue weighted by Gasteiger charge is 2.19. The Kier molecular flexibility index (Phi) is 6.96. The fourth-order valence-electron chi connectivity index (χ4n) is 3.18. The minimum absolute atomic E-state index is 0.0364. The summed E-state index contributed by atoms with van der Waals surface area (Å²) in [4.78, 5) is 26.6. The first-order chi connectivity index (χ1) is 14.0. The van der Waals surface area contributed by atoms with E-state index in [2.05, 4.69) is 20.4 Å². The number of rotatable bonds is 8. The zero-order chi connectivity index (χ0) is 20.6. The maximum absolute atomic E-state index is 13.0. The van der Waals surface area contributed by atoms with E-state index in [-0.39, 0.29) is 17.4 Å². The molecule has 1 heterocycles. The van der Waals surface area contributed by atoms with Gasteiger partial charge in [-0.25, -0.2) is 4.39 Å². The number of piperazine rings is 1. The van der Waals surface area contributed by atoms with Gasteiger partial charge in [-0.1, -0.05) is 0 Å². The smallest absolute Gasteiger partial charge is 0.269 e. The van der Waals surface area contributed by atoms with Crippen molar-refractivity contribution in [1.82, 2.24) is 10.2 Å². The molecule has 0 spiro atoms. The van der Waals surface area contributed by atoms with Crippen LogP contribution in [0.5, 0.6) is 0 Å². The Hall–Kier alpha value is -3.20. The van der Waals surface area contributed by atoms with Crippen molar-refractivity contribution in [3.05, 3.63) is 64.5 Å². The zero-order valence-corrected chi connectivity index (χ0v) is 16.0. The van der Waals surface area contributed by atoms with Crippen LogP contribution in [0, 0.1) is 15.9 Å². The molecule has 29 heavy (non-hydrogen) atoms. The van der Waals surface area contributed by atoms with E-state index in [4.69, 9.17) is 0 Å². The minimum atomic E-state index is -0.441. The standard InChI is InChI=1S/C20H24FN5O3/c21-16-1-5-18(6-2-16)25-13-11-24(12-14-25)15-20(27)23-10-9-22-17-3-7-19(8-4-17)26(28)29/h1-8,22H,9-15H2,(H,23,27).